The minimum Gasteiger partial charge on any atom is -0.361 e. The van der Waals surface area contributed by atoms with Gasteiger partial charge in [0.2, 0.25) is 0 Å². The number of Topliss-reactive ketones (excluding diaryl/α,β-unsaturated/α-hetero) is 1. The van der Waals surface area contributed by atoms with Crippen LogP contribution in [0.25, 0.3) is 0 Å². The maximum absolute atomic E-state index is 14.0. The van der Waals surface area contributed by atoms with Crippen LogP contribution in [0, 0.1) is 5.82 Å². The fourth-order valence-electron chi connectivity index (χ4n) is 2.54. The highest BCUT2D eigenvalue weighted by atomic mass is 19.1. The molecule has 4 heteroatoms. The Morgan fingerprint density at radius 2 is 1.94 bits per heavy atom. The van der Waals surface area contributed by atoms with Crippen LogP contribution < -0.4 is 10.2 Å². The second kappa shape index (κ2) is 5.06. The molecule has 0 spiro atoms. The van der Waals surface area contributed by atoms with Gasteiger partial charge in [0.1, 0.15) is 5.82 Å². The number of ketones is 1. The topological polar surface area (TPSA) is 32.3 Å². The number of hydrogen-bond donors (Lipinski definition) is 1. The Morgan fingerprint density at radius 3 is 2.50 bits per heavy atom. The van der Waals surface area contributed by atoms with Gasteiger partial charge in [-0.1, -0.05) is 0 Å². The average Bonchev–Trinajstić information content (AvgIpc) is 2.30. The Morgan fingerprint density at radius 1 is 1.33 bits per heavy atom. The molecule has 2 rings (SSSR count). The van der Waals surface area contributed by atoms with Crippen LogP contribution in [0.5, 0.6) is 0 Å². The molecule has 0 aromatic heterocycles. The predicted octanol–water partition coefficient (Wildman–Crippen LogP) is 2.21. The summed E-state index contributed by atoms with van der Waals surface area (Å²) in [6, 6.07) is 5.01. The zero-order valence-corrected chi connectivity index (χ0v) is 11.0. The van der Waals surface area contributed by atoms with Crippen LogP contribution in [0.4, 0.5) is 10.1 Å². The number of carbonyl (C=O) groups excluding carboxylic acids is 1. The Balaban J connectivity index is 2.41. The normalized spacial score (nSPS) is 24.1. The number of halogens is 1. The first-order chi connectivity index (χ1) is 8.50. The second-order valence-corrected chi connectivity index (χ2v) is 4.99. The summed E-state index contributed by atoms with van der Waals surface area (Å²) in [6.07, 6.45) is 0. The number of hydrogen-bond acceptors (Lipinski definition) is 3. The van der Waals surface area contributed by atoms with Crippen molar-refractivity contribution in [1.82, 2.24) is 5.32 Å². The molecule has 98 valence electrons. The molecule has 18 heavy (non-hydrogen) atoms. The molecule has 3 nitrogen and oxygen atoms in total. The third kappa shape index (κ3) is 2.38. The van der Waals surface area contributed by atoms with Crippen molar-refractivity contribution in [2.45, 2.75) is 32.9 Å². The van der Waals surface area contributed by atoms with Gasteiger partial charge < -0.3 is 10.2 Å². The summed E-state index contributed by atoms with van der Waals surface area (Å²) < 4.78 is 14.0. The average molecular weight is 250 g/mol. The number of benzene rings is 1. The van der Waals surface area contributed by atoms with Crippen molar-refractivity contribution in [3.8, 4) is 0 Å². The van der Waals surface area contributed by atoms with Gasteiger partial charge in [-0.15, -0.1) is 0 Å². The van der Waals surface area contributed by atoms with Gasteiger partial charge in [0.05, 0.1) is 5.69 Å². The Bertz CT molecular complexity index is 451. The van der Waals surface area contributed by atoms with Gasteiger partial charge >= 0.3 is 0 Å². The Kier molecular flexibility index (Phi) is 3.66. The highest BCUT2D eigenvalue weighted by molar-refractivity contribution is 5.95. The molecule has 1 aliphatic heterocycles. The highest BCUT2D eigenvalue weighted by Gasteiger charge is 2.27. The molecule has 0 unspecified atom stereocenters. The van der Waals surface area contributed by atoms with E-state index in [0.717, 1.165) is 13.1 Å². The summed E-state index contributed by atoms with van der Waals surface area (Å²) in [5.74, 6) is -0.299. The second-order valence-electron chi connectivity index (χ2n) is 4.99. The first-order valence-electron chi connectivity index (χ1n) is 6.30. The van der Waals surface area contributed by atoms with E-state index < -0.39 is 0 Å². The van der Waals surface area contributed by atoms with E-state index in [0.29, 0.717) is 11.3 Å². The number of nitrogens with zero attached hydrogens (tertiary/aromatic N) is 1. The smallest absolute Gasteiger partial charge is 0.159 e. The Hall–Kier alpha value is -1.42. The van der Waals surface area contributed by atoms with Crippen LogP contribution in [0.1, 0.15) is 31.1 Å². The lowest BCUT2D eigenvalue weighted by molar-refractivity contribution is 0.101. The van der Waals surface area contributed by atoms with Crippen molar-refractivity contribution in [2.75, 3.05) is 18.0 Å². The largest absolute Gasteiger partial charge is 0.361 e. The van der Waals surface area contributed by atoms with E-state index in [4.69, 9.17) is 0 Å². The zero-order valence-electron chi connectivity index (χ0n) is 11.0. The van der Waals surface area contributed by atoms with Crippen LogP contribution >= 0.6 is 0 Å². The van der Waals surface area contributed by atoms with Gasteiger partial charge in [0, 0.05) is 30.7 Å². The van der Waals surface area contributed by atoms with Gasteiger partial charge in [-0.25, -0.2) is 4.39 Å². The third-order valence-electron chi connectivity index (χ3n) is 3.46. The van der Waals surface area contributed by atoms with E-state index in [1.54, 1.807) is 12.1 Å². The fourth-order valence-corrected chi connectivity index (χ4v) is 2.54. The molecule has 0 amide bonds. The van der Waals surface area contributed by atoms with Crippen molar-refractivity contribution in [2.24, 2.45) is 0 Å². The molecule has 0 bridgehead atoms. The molecule has 1 N–H and O–H groups in total. The molecule has 1 fully saturated rings. The summed E-state index contributed by atoms with van der Waals surface area (Å²) in [7, 11) is 0. The van der Waals surface area contributed by atoms with Crippen molar-refractivity contribution in [3.05, 3.63) is 29.6 Å². The SMILES string of the molecule is CC(=O)c1ccc(F)c(N2[C@H](C)CNC[C@@H]2C)c1. The van der Waals surface area contributed by atoms with Crippen molar-refractivity contribution < 1.29 is 9.18 Å². The lowest BCUT2D eigenvalue weighted by Crippen LogP contribution is -2.55. The summed E-state index contributed by atoms with van der Waals surface area (Å²) >= 11 is 0. The molecule has 2 atom stereocenters. The lowest BCUT2D eigenvalue weighted by atomic mass is 10.1. The van der Waals surface area contributed by atoms with E-state index in [1.165, 1.54) is 13.0 Å². The predicted molar refractivity (Wildman–Crippen MR) is 70.7 cm³/mol. The number of nitrogens with one attached hydrogen (secondary N) is 1. The summed E-state index contributed by atoms with van der Waals surface area (Å²) in [4.78, 5) is 13.5. The number of piperazine rings is 1. The van der Waals surface area contributed by atoms with Crippen LogP contribution in [0.2, 0.25) is 0 Å². The molecule has 1 heterocycles. The van der Waals surface area contributed by atoms with E-state index in [2.05, 4.69) is 24.1 Å². The number of anilines is 1. The minimum atomic E-state index is -0.263. The standard InChI is InChI=1S/C14H19FN2O/c1-9-7-16-8-10(2)17(9)14-6-12(11(3)18)4-5-13(14)15/h4-6,9-10,16H,7-8H2,1-3H3/t9-,10+. The summed E-state index contributed by atoms with van der Waals surface area (Å²) in [5.41, 5.74) is 1.09. The molecule has 1 aromatic carbocycles. The van der Waals surface area contributed by atoms with Crippen LogP contribution in [0.15, 0.2) is 18.2 Å². The zero-order chi connectivity index (χ0) is 13.3. The van der Waals surface area contributed by atoms with E-state index >= 15 is 0 Å². The molecule has 1 aliphatic rings. The quantitative estimate of drug-likeness (QED) is 0.817. The van der Waals surface area contributed by atoms with Crippen molar-refractivity contribution in [1.29, 1.82) is 0 Å². The van der Waals surface area contributed by atoms with Crippen LogP contribution in [-0.4, -0.2) is 31.0 Å². The first-order valence-corrected chi connectivity index (χ1v) is 6.30. The monoisotopic (exact) mass is 250 g/mol. The molecule has 1 aromatic rings. The maximum atomic E-state index is 14.0. The Labute approximate surface area is 107 Å². The summed E-state index contributed by atoms with van der Waals surface area (Å²) in [5, 5.41) is 3.31. The van der Waals surface area contributed by atoms with E-state index in [9.17, 15) is 9.18 Å². The summed E-state index contributed by atoms with van der Waals surface area (Å²) in [6.45, 7) is 7.27. The van der Waals surface area contributed by atoms with Gasteiger partial charge in [0.15, 0.2) is 5.78 Å². The first kappa shape index (κ1) is 13.0. The molecule has 0 radical (unpaired) electrons. The van der Waals surface area contributed by atoms with Gasteiger partial charge in [-0.05, 0) is 39.0 Å². The molecular formula is C14H19FN2O. The van der Waals surface area contributed by atoms with E-state index in [-0.39, 0.29) is 23.7 Å². The number of rotatable bonds is 2. The van der Waals surface area contributed by atoms with Crippen LogP contribution in [0.3, 0.4) is 0 Å². The fraction of sp³-hybridized carbons (Fsp3) is 0.500. The molecule has 0 aliphatic carbocycles. The van der Waals surface area contributed by atoms with Gasteiger partial charge in [-0.3, -0.25) is 4.79 Å². The third-order valence-corrected chi connectivity index (χ3v) is 3.46. The lowest BCUT2D eigenvalue weighted by Gasteiger charge is -2.41. The van der Waals surface area contributed by atoms with Gasteiger partial charge in [-0.2, -0.15) is 0 Å². The van der Waals surface area contributed by atoms with Crippen molar-refractivity contribution in [3.63, 3.8) is 0 Å². The molecule has 1 saturated heterocycles. The van der Waals surface area contributed by atoms with Crippen molar-refractivity contribution >= 4 is 11.5 Å². The van der Waals surface area contributed by atoms with Crippen LogP contribution in [-0.2, 0) is 0 Å². The minimum absolute atomic E-state index is 0.0355. The highest BCUT2D eigenvalue weighted by Crippen LogP contribution is 2.26. The van der Waals surface area contributed by atoms with Gasteiger partial charge in [0.25, 0.3) is 0 Å². The number of carbonyl (C=O) groups is 1. The molecule has 0 saturated carbocycles. The molecular weight excluding hydrogens is 231 g/mol. The van der Waals surface area contributed by atoms with E-state index in [1.807, 2.05) is 0 Å². The maximum Gasteiger partial charge on any atom is 0.159 e.